The molecule has 0 radical (unpaired) electrons. The minimum absolute atomic E-state index is 0.0354. The predicted octanol–water partition coefficient (Wildman–Crippen LogP) is 6.31. The summed E-state index contributed by atoms with van der Waals surface area (Å²) in [6, 6.07) is 11.9. The summed E-state index contributed by atoms with van der Waals surface area (Å²) < 4.78 is 36.5. The van der Waals surface area contributed by atoms with Crippen molar-refractivity contribution in [1.29, 1.82) is 0 Å². The number of alkyl halides is 2. The van der Waals surface area contributed by atoms with E-state index in [2.05, 4.69) is 14.8 Å². The fraction of sp³-hybridized carbons (Fsp3) is 0.548. The van der Waals surface area contributed by atoms with Crippen LogP contribution >= 0.6 is 0 Å². The van der Waals surface area contributed by atoms with E-state index < -0.39 is 41.7 Å². The predicted molar refractivity (Wildman–Crippen MR) is 145 cm³/mol. The number of carbonyl (C=O) groups is 2. The van der Waals surface area contributed by atoms with E-state index in [0.29, 0.717) is 5.56 Å². The van der Waals surface area contributed by atoms with Crippen molar-refractivity contribution in [3.8, 4) is 11.5 Å². The second kappa shape index (κ2) is 10.7. The number of nitrogens with one attached hydrogen (secondary N) is 1. The molecule has 2 aliphatic heterocycles. The summed E-state index contributed by atoms with van der Waals surface area (Å²) in [4.78, 5) is 28.8. The van der Waals surface area contributed by atoms with Crippen LogP contribution in [0.25, 0.3) is 0 Å². The van der Waals surface area contributed by atoms with Gasteiger partial charge in [-0.25, -0.2) is 4.79 Å². The number of ether oxygens (including phenoxy) is 2. The highest BCUT2D eigenvalue weighted by Gasteiger charge is 2.58. The molecule has 2 aromatic carbocycles. The van der Waals surface area contributed by atoms with Crippen LogP contribution in [0.4, 0.5) is 8.78 Å². The molecule has 40 heavy (non-hydrogen) atoms. The van der Waals surface area contributed by atoms with Crippen molar-refractivity contribution in [3.05, 3.63) is 59.7 Å². The molecule has 0 bridgehead atoms. The van der Waals surface area contributed by atoms with Gasteiger partial charge in [0.15, 0.2) is 11.5 Å². The van der Waals surface area contributed by atoms with Crippen LogP contribution in [0.5, 0.6) is 11.5 Å². The van der Waals surface area contributed by atoms with E-state index in [9.17, 15) is 23.5 Å². The largest absolute Gasteiger partial charge is 0.586 e. The number of carboxylic acid groups (broad SMARTS) is 1. The zero-order valence-electron chi connectivity index (χ0n) is 23.4. The average Bonchev–Trinajstić information content (AvgIpc) is 3.41. The quantitative estimate of drug-likeness (QED) is 0.434. The SMILES string of the molecule is CC(NC1C(c2ccccc2)N(C(=O)C2CCCCC2)C(C(=O)O)C1C(C)(C)C)c1ccc2c(c1)OC(F)(F)O2. The van der Waals surface area contributed by atoms with Crippen molar-refractivity contribution in [2.75, 3.05) is 0 Å². The first-order valence-corrected chi connectivity index (χ1v) is 14.1. The number of fused-ring (bicyclic) bond motifs is 1. The fourth-order valence-electron chi connectivity index (χ4n) is 6.86. The van der Waals surface area contributed by atoms with Crippen LogP contribution < -0.4 is 14.8 Å². The lowest BCUT2D eigenvalue weighted by molar-refractivity contribution is -0.286. The number of aliphatic carboxylic acids is 1. The minimum atomic E-state index is -3.71. The average molecular weight is 557 g/mol. The standard InChI is InChI=1S/C31H38F2N2O5/c1-18(21-15-16-22-23(17-21)40-31(32,33)39-22)34-25-24(30(2,3)4)27(29(37)38)35(26(25)19-11-7-5-8-12-19)28(36)20-13-9-6-10-14-20/h5,7-8,11-12,15-18,20,24-27,34H,6,9-10,13-14H2,1-4H3,(H,37,38). The van der Waals surface area contributed by atoms with Crippen LogP contribution in [-0.2, 0) is 9.59 Å². The maximum Gasteiger partial charge on any atom is 0.586 e. The van der Waals surface area contributed by atoms with Crippen LogP contribution in [-0.4, -0.2) is 40.3 Å². The summed E-state index contributed by atoms with van der Waals surface area (Å²) >= 11 is 0. The first-order valence-electron chi connectivity index (χ1n) is 14.1. The molecule has 2 aromatic rings. The topological polar surface area (TPSA) is 88.1 Å². The number of nitrogens with zero attached hydrogens (tertiary/aromatic N) is 1. The third-order valence-corrected chi connectivity index (χ3v) is 8.64. The molecule has 1 saturated heterocycles. The Kier molecular flexibility index (Phi) is 7.54. The molecule has 9 heteroatoms. The Morgan fingerprint density at radius 3 is 2.30 bits per heavy atom. The van der Waals surface area contributed by atoms with Crippen molar-refractivity contribution in [1.82, 2.24) is 10.2 Å². The fourth-order valence-corrected chi connectivity index (χ4v) is 6.86. The summed E-state index contributed by atoms with van der Waals surface area (Å²) in [6.07, 6.45) is 0.819. The van der Waals surface area contributed by atoms with Gasteiger partial charge in [-0.1, -0.05) is 76.4 Å². The van der Waals surface area contributed by atoms with Crippen LogP contribution in [0.2, 0.25) is 0 Å². The van der Waals surface area contributed by atoms with E-state index in [1.54, 1.807) is 11.0 Å². The van der Waals surface area contributed by atoms with Crippen LogP contribution in [0.15, 0.2) is 48.5 Å². The smallest absolute Gasteiger partial charge is 0.480 e. The third kappa shape index (κ3) is 5.40. The number of hydrogen-bond acceptors (Lipinski definition) is 5. The van der Waals surface area contributed by atoms with Gasteiger partial charge in [0.1, 0.15) is 6.04 Å². The number of carbonyl (C=O) groups excluding carboxylic acids is 1. The molecule has 216 valence electrons. The van der Waals surface area contributed by atoms with Gasteiger partial charge in [-0.2, -0.15) is 0 Å². The molecule has 2 heterocycles. The molecule has 5 atom stereocenters. The summed E-state index contributed by atoms with van der Waals surface area (Å²) in [5.74, 6) is -1.85. The molecule has 2 N–H and O–H groups in total. The molecule has 1 aliphatic carbocycles. The van der Waals surface area contributed by atoms with E-state index in [-0.39, 0.29) is 29.4 Å². The first-order chi connectivity index (χ1) is 18.9. The van der Waals surface area contributed by atoms with Gasteiger partial charge < -0.3 is 24.8 Å². The number of benzene rings is 2. The maximum absolute atomic E-state index is 14.2. The van der Waals surface area contributed by atoms with Crippen molar-refractivity contribution >= 4 is 11.9 Å². The number of hydrogen-bond donors (Lipinski definition) is 2. The highest BCUT2D eigenvalue weighted by atomic mass is 19.3. The van der Waals surface area contributed by atoms with Gasteiger partial charge in [-0.05, 0) is 48.4 Å². The van der Waals surface area contributed by atoms with E-state index >= 15 is 0 Å². The summed E-state index contributed by atoms with van der Waals surface area (Å²) in [5, 5.41) is 14.3. The van der Waals surface area contributed by atoms with Crippen LogP contribution in [0.1, 0.15) is 83.0 Å². The lowest BCUT2D eigenvalue weighted by Gasteiger charge is -2.36. The Morgan fingerprint density at radius 2 is 1.68 bits per heavy atom. The molecule has 5 rings (SSSR count). The van der Waals surface area contributed by atoms with Crippen molar-refractivity contribution in [2.24, 2.45) is 17.3 Å². The number of carboxylic acids is 1. The number of amides is 1. The lowest BCUT2D eigenvalue weighted by atomic mass is 9.72. The van der Waals surface area contributed by atoms with Gasteiger partial charge in [0.25, 0.3) is 0 Å². The zero-order chi connectivity index (χ0) is 28.8. The van der Waals surface area contributed by atoms with E-state index in [1.807, 2.05) is 58.0 Å². The number of halogens is 2. The molecular weight excluding hydrogens is 518 g/mol. The zero-order valence-corrected chi connectivity index (χ0v) is 23.4. The minimum Gasteiger partial charge on any atom is -0.480 e. The van der Waals surface area contributed by atoms with Gasteiger partial charge in [0.05, 0.1) is 6.04 Å². The molecule has 1 saturated carbocycles. The van der Waals surface area contributed by atoms with E-state index in [4.69, 9.17) is 0 Å². The third-order valence-electron chi connectivity index (χ3n) is 8.64. The molecule has 1 amide bonds. The Bertz CT molecular complexity index is 1240. The van der Waals surface area contributed by atoms with Crippen molar-refractivity contribution in [2.45, 2.75) is 90.3 Å². The van der Waals surface area contributed by atoms with Crippen LogP contribution in [0.3, 0.4) is 0 Å². The van der Waals surface area contributed by atoms with Crippen molar-refractivity contribution in [3.63, 3.8) is 0 Å². The molecule has 0 aromatic heterocycles. The van der Waals surface area contributed by atoms with Gasteiger partial charge in [-0.15, -0.1) is 8.78 Å². The molecule has 5 unspecified atom stereocenters. The van der Waals surface area contributed by atoms with Crippen molar-refractivity contribution < 1.29 is 33.0 Å². The number of rotatable bonds is 6. The molecule has 2 fully saturated rings. The normalized spacial score (nSPS) is 27.0. The summed E-state index contributed by atoms with van der Waals surface area (Å²) in [5.41, 5.74) is 1.06. The Balaban J connectivity index is 1.56. The highest BCUT2D eigenvalue weighted by Crippen LogP contribution is 2.50. The van der Waals surface area contributed by atoms with Gasteiger partial charge in [0, 0.05) is 23.9 Å². The van der Waals surface area contributed by atoms with Gasteiger partial charge >= 0.3 is 12.3 Å². The lowest BCUT2D eigenvalue weighted by Crippen LogP contribution is -2.49. The Morgan fingerprint density at radius 1 is 1.02 bits per heavy atom. The second-order valence-corrected chi connectivity index (χ2v) is 12.4. The molecular formula is C31H38F2N2O5. The monoisotopic (exact) mass is 556 g/mol. The van der Waals surface area contributed by atoms with Gasteiger partial charge in [0.2, 0.25) is 5.91 Å². The Hall–Kier alpha value is -3.20. The maximum atomic E-state index is 14.2. The first kappa shape index (κ1) is 28.3. The van der Waals surface area contributed by atoms with E-state index in [0.717, 1.165) is 37.7 Å². The van der Waals surface area contributed by atoms with Crippen LogP contribution in [0, 0.1) is 17.3 Å². The Labute approximate surface area is 233 Å². The molecule has 3 aliphatic rings. The second-order valence-electron chi connectivity index (χ2n) is 12.4. The molecule has 0 spiro atoms. The number of likely N-dealkylation sites (tertiary alicyclic amines) is 1. The summed E-state index contributed by atoms with van der Waals surface area (Å²) in [6.45, 7) is 7.92. The highest BCUT2D eigenvalue weighted by molar-refractivity contribution is 5.87. The van der Waals surface area contributed by atoms with E-state index in [1.165, 1.54) is 12.1 Å². The molecule has 7 nitrogen and oxygen atoms in total. The summed E-state index contributed by atoms with van der Waals surface area (Å²) in [7, 11) is 0. The van der Waals surface area contributed by atoms with Gasteiger partial charge in [-0.3, -0.25) is 4.79 Å².